The van der Waals surface area contributed by atoms with E-state index in [-0.39, 0.29) is 28.7 Å². The molecule has 1 unspecified atom stereocenters. The summed E-state index contributed by atoms with van der Waals surface area (Å²) in [4.78, 5) is 12.6. The van der Waals surface area contributed by atoms with E-state index in [0.29, 0.717) is 6.42 Å². The van der Waals surface area contributed by atoms with Crippen molar-refractivity contribution in [3.05, 3.63) is 12.2 Å². The first-order valence-electron chi connectivity index (χ1n) is 9.01. The van der Waals surface area contributed by atoms with Crippen LogP contribution in [0.15, 0.2) is 6.33 Å². The van der Waals surface area contributed by atoms with E-state index < -0.39 is 36.7 Å². The van der Waals surface area contributed by atoms with E-state index in [9.17, 15) is 20.4 Å². The van der Waals surface area contributed by atoms with Crippen LogP contribution in [-0.4, -0.2) is 70.5 Å². The van der Waals surface area contributed by atoms with Crippen LogP contribution in [0.3, 0.4) is 0 Å². The summed E-state index contributed by atoms with van der Waals surface area (Å²) in [5.74, 6) is 5.92. The molecule has 1 saturated heterocycles. The predicted octanol–water partition coefficient (Wildman–Crippen LogP) is -0.831. The summed E-state index contributed by atoms with van der Waals surface area (Å²) in [5.41, 5.74) is 5.30. The minimum atomic E-state index is -1.29. The molecular weight excluding hydrogens is 366 g/mol. The zero-order valence-corrected chi connectivity index (χ0v) is 15.9. The molecule has 1 aliphatic rings. The molecule has 152 valence electrons. The van der Waals surface area contributed by atoms with Gasteiger partial charge >= 0.3 is 0 Å². The van der Waals surface area contributed by atoms with Crippen LogP contribution in [0.5, 0.6) is 0 Å². The van der Waals surface area contributed by atoms with Crippen molar-refractivity contribution in [3.8, 4) is 11.8 Å². The molecule has 0 bridgehead atoms. The van der Waals surface area contributed by atoms with Crippen molar-refractivity contribution in [2.45, 2.75) is 57.3 Å². The van der Waals surface area contributed by atoms with Crippen molar-refractivity contribution >= 4 is 17.0 Å². The molecule has 0 amide bonds. The molecule has 5 atom stereocenters. The Kier molecular flexibility index (Phi) is 5.56. The van der Waals surface area contributed by atoms with Gasteiger partial charge in [-0.15, -0.1) is 0 Å². The number of imidazole rings is 1. The van der Waals surface area contributed by atoms with E-state index in [0.717, 1.165) is 0 Å². The Hall–Kier alpha value is -2.29. The first-order valence-corrected chi connectivity index (χ1v) is 9.01. The van der Waals surface area contributed by atoms with Gasteiger partial charge in [0.05, 0.1) is 12.9 Å². The van der Waals surface area contributed by atoms with Crippen molar-refractivity contribution in [1.82, 2.24) is 19.5 Å². The van der Waals surface area contributed by atoms with Crippen LogP contribution in [0.2, 0.25) is 0 Å². The number of hydrogen-bond acceptors (Lipinski definition) is 9. The van der Waals surface area contributed by atoms with Crippen LogP contribution in [0.1, 0.15) is 39.2 Å². The Morgan fingerprint density at radius 2 is 2.04 bits per heavy atom. The molecule has 1 fully saturated rings. The van der Waals surface area contributed by atoms with Gasteiger partial charge in [-0.2, -0.15) is 0 Å². The number of ether oxygens (including phenoxy) is 1. The number of anilines is 1. The second-order valence-corrected chi connectivity index (χ2v) is 7.61. The first-order chi connectivity index (χ1) is 13.1. The highest BCUT2D eigenvalue weighted by Gasteiger charge is 2.44. The lowest BCUT2D eigenvalue weighted by molar-refractivity contribution is -0.0511. The van der Waals surface area contributed by atoms with Gasteiger partial charge in [0.1, 0.15) is 29.4 Å². The summed E-state index contributed by atoms with van der Waals surface area (Å²) in [5, 5.41) is 39.9. The SMILES string of the molecule is CC(C)CC(C)(O)C#Cc1nc(N)c2ncn([C@@H]3O[C@H](CO)[C@@H](O)[C@H]3O)c2n1. The summed E-state index contributed by atoms with van der Waals surface area (Å²) < 4.78 is 6.93. The number of aliphatic hydroxyl groups is 4. The Balaban J connectivity index is 1.99. The van der Waals surface area contributed by atoms with Gasteiger partial charge in [-0.25, -0.2) is 15.0 Å². The fraction of sp³-hybridized carbons (Fsp3) is 0.611. The summed E-state index contributed by atoms with van der Waals surface area (Å²) in [6.45, 7) is 5.14. The van der Waals surface area contributed by atoms with Crippen molar-refractivity contribution in [3.63, 3.8) is 0 Å². The van der Waals surface area contributed by atoms with Crippen molar-refractivity contribution in [2.24, 2.45) is 5.92 Å². The lowest BCUT2D eigenvalue weighted by Gasteiger charge is -2.18. The molecule has 2 aromatic heterocycles. The standard InChI is InChI=1S/C18H25N5O5/c1-9(2)6-18(3,27)5-4-11-21-15(19)12-16(22-11)23(8-20-12)17-14(26)13(25)10(7-24)28-17/h8-10,13-14,17,24-27H,6-7H2,1-3H3,(H2,19,21,22)/t10-,13-,14-,17-,18?/m1/s1. The van der Waals surface area contributed by atoms with Crippen LogP contribution in [-0.2, 0) is 4.74 Å². The van der Waals surface area contributed by atoms with E-state index in [4.69, 9.17) is 10.5 Å². The normalized spacial score (nSPS) is 27.0. The average molecular weight is 391 g/mol. The molecule has 28 heavy (non-hydrogen) atoms. The average Bonchev–Trinajstić information content (AvgIpc) is 3.14. The molecule has 10 nitrogen and oxygen atoms in total. The van der Waals surface area contributed by atoms with Gasteiger partial charge in [-0.3, -0.25) is 4.57 Å². The van der Waals surface area contributed by atoms with Crippen LogP contribution in [0.4, 0.5) is 5.82 Å². The molecule has 0 aromatic carbocycles. The van der Waals surface area contributed by atoms with E-state index in [1.54, 1.807) is 6.92 Å². The number of aliphatic hydroxyl groups excluding tert-OH is 3. The molecule has 10 heteroatoms. The van der Waals surface area contributed by atoms with Gasteiger partial charge in [-0.05, 0) is 25.2 Å². The zero-order valence-electron chi connectivity index (χ0n) is 15.9. The lowest BCUT2D eigenvalue weighted by atomic mass is 9.95. The van der Waals surface area contributed by atoms with E-state index in [2.05, 4.69) is 26.8 Å². The van der Waals surface area contributed by atoms with Gasteiger partial charge in [-0.1, -0.05) is 19.8 Å². The van der Waals surface area contributed by atoms with Crippen LogP contribution >= 0.6 is 0 Å². The summed E-state index contributed by atoms with van der Waals surface area (Å²) in [6, 6.07) is 0. The van der Waals surface area contributed by atoms with Crippen LogP contribution < -0.4 is 5.73 Å². The third-order valence-corrected chi connectivity index (χ3v) is 4.49. The smallest absolute Gasteiger partial charge is 0.209 e. The largest absolute Gasteiger partial charge is 0.394 e. The monoisotopic (exact) mass is 391 g/mol. The number of nitrogens with zero attached hydrogens (tertiary/aromatic N) is 4. The van der Waals surface area contributed by atoms with Gasteiger partial charge < -0.3 is 30.9 Å². The van der Waals surface area contributed by atoms with Crippen LogP contribution in [0, 0.1) is 17.8 Å². The van der Waals surface area contributed by atoms with Crippen molar-refractivity contribution < 1.29 is 25.2 Å². The molecule has 1 aliphatic heterocycles. The van der Waals surface area contributed by atoms with Crippen LogP contribution in [0.25, 0.3) is 11.2 Å². The number of aromatic nitrogens is 4. The molecule has 0 saturated carbocycles. The zero-order chi connectivity index (χ0) is 20.6. The second kappa shape index (κ2) is 7.62. The number of fused-ring (bicyclic) bond motifs is 1. The fourth-order valence-electron chi connectivity index (χ4n) is 3.33. The minimum Gasteiger partial charge on any atom is -0.394 e. The highest BCUT2D eigenvalue weighted by molar-refractivity contribution is 5.82. The molecule has 0 radical (unpaired) electrons. The van der Waals surface area contributed by atoms with E-state index in [1.807, 2.05) is 13.8 Å². The van der Waals surface area contributed by atoms with Crippen molar-refractivity contribution in [2.75, 3.05) is 12.3 Å². The summed E-state index contributed by atoms with van der Waals surface area (Å²) in [6.07, 6.45) is -2.62. The second-order valence-electron chi connectivity index (χ2n) is 7.61. The molecule has 2 aromatic rings. The molecule has 0 spiro atoms. The highest BCUT2D eigenvalue weighted by atomic mass is 16.6. The molecular formula is C18H25N5O5. The highest BCUT2D eigenvalue weighted by Crippen LogP contribution is 2.31. The topological polar surface area (TPSA) is 160 Å². The van der Waals surface area contributed by atoms with E-state index in [1.165, 1.54) is 10.9 Å². The predicted molar refractivity (Wildman–Crippen MR) is 99.7 cm³/mol. The minimum absolute atomic E-state index is 0.0857. The van der Waals surface area contributed by atoms with Gasteiger partial charge in [0.2, 0.25) is 5.82 Å². The lowest BCUT2D eigenvalue weighted by Crippen LogP contribution is -2.33. The molecule has 6 N–H and O–H groups in total. The number of rotatable bonds is 4. The Bertz CT molecular complexity index is 916. The molecule has 3 heterocycles. The molecule has 3 rings (SSSR count). The number of nitrogen functional groups attached to an aromatic ring is 1. The quantitative estimate of drug-likeness (QED) is 0.419. The maximum atomic E-state index is 10.4. The maximum Gasteiger partial charge on any atom is 0.209 e. The number of nitrogens with two attached hydrogens (primary N) is 1. The third kappa shape index (κ3) is 3.94. The van der Waals surface area contributed by atoms with Gasteiger partial charge in [0, 0.05) is 0 Å². The molecule has 0 aliphatic carbocycles. The van der Waals surface area contributed by atoms with Gasteiger partial charge in [0.15, 0.2) is 17.7 Å². The Morgan fingerprint density at radius 1 is 1.32 bits per heavy atom. The fourth-order valence-corrected chi connectivity index (χ4v) is 3.33. The summed E-state index contributed by atoms with van der Waals surface area (Å²) >= 11 is 0. The maximum absolute atomic E-state index is 10.4. The first kappa shape index (κ1) is 20.4. The summed E-state index contributed by atoms with van der Waals surface area (Å²) in [7, 11) is 0. The Labute approximate surface area is 162 Å². The number of hydrogen-bond donors (Lipinski definition) is 5. The third-order valence-electron chi connectivity index (χ3n) is 4.49. The van der Waals surface area contributed by atoms with Crippen molar-refractivity contribution in [1.29, 1.82) is 0 Å². The van der Waals surface area contributed by atoms with Gasteiger partial charge in [0.25, 0.3) is 0 Å². The van der Waals surface area contributed by atoms with E-state index >= 15 is 0 Å². The Morgan fingerprint density at radius 3 is 2.64 bits per heavy atom.